The first-order valence-corrected chi connectivity index (χ1v) is 5.96. The highest BCUT2D eigenvalue weighted by atomic mass is 35.5. The lowest BCUT2D eigenvalue weighted by Crippen LogP contribution is -2.39. The number of alkyl halides is 4. The van der Waals surface area contributed by atoms with Crippen LogP contribution in [-0.4, -0.2) is 17.3 Å². The van der Waals surface area contributed by atoms with Crippen molar-refractivity contribution in [3.8, 4) is 0 Å². The van der Waals surface area contributed by atoms with Crippen molar-refractivity contribution >= 4 is 17.5 Å². The molecule has 1 aliphatic carbocycles. The van der Waals surface area contributed by atoms with Crippen molar-refractivity contribution in [3.63, 3.8) is 0 Å². The van der Waals surface area contributed by atoms with Gasteiger partial charge in [-0.05, 0) is 25.0 Å². The van der Waals surface area contributed by atoms with Crippen molar-refractivity contribution in [2.45, 2.75) is 24.6 Å². The van der Waals surface area contributed by atoms with Gasteiger partial charge in [0.2, 0.25) is 0 Å². The van der Waals surface area contributed by atoms with Gasteiger partial charge in [-0.1, -0.05) is 12.1 Å². The molecule has 2 nitrogen and oxygen atoms in total. The zero-order valence-corrected chi connectivity index (χ0v) is 10.1. The largest absolute Gasteiger partial charge is 0.417 e. The molecular formula is C12H11ClF3NO. The van der Waals surface area contributed by atoms with E-state index in [0.29, 0.717) is 12.8 Å². The third kappa shape index (κ3) is 2.61. The SMILES string of the molecule is O=C(NC1(CCl)CC1)c1ccccc1C(F)(F)F. The maximum atomic E-state index is 12.7. The van der Waals surface area contributed by atoms with Crippen LogP contribution in [0.3, 0.4) is 0 Å². The third-order valence-corrected chi connectivity index (χ3v) is 3.48. The van der Waals surface area contributed by atoms with Crippen molar-refractivity contribution in [1.82, 2.24) is 5.32 Å². The molecule has 0 saturated heterocycles. The van der Waals surface area contributed by atoms with E-state index in [4.69, 9.17) is 11.6 Å². The first-order chi connectivity index (χ1) is 8.38. The molecule has 18 heavy (non-hydrogen) atoms. The predicted molar refractivity (Wildman–Crippen MR) is 61.6 cm³/mol. The van der Waals surface area contributed by atoms with Crippen LogP contribution in [0.15, 0.2) is 24.3 Å². The van der Waals surface area contributed by atoms with E-state index >= 15 is 0 Å². The van der Waals surface area contributed by atoms with Gasteiger partial charge >= 0.3 is 6.18 Å². The molecule has 0 spiro atoms. The Morgan fingerprint density at radius 1 is 1.33 bits per heavy atom. The smallest absolute Gasteiger partial charge is 0.345 e. The molecular weight excluding hydrogens is 267 g/mol. The minimum absolute atomic E-state index is 0.215. The first kappa shape index (κ1) is 13.2. The second-order valence-electron chi connectivity index (χ2n) is 4.41. The van der Waals surface area contributed by atoms with Crippen LogP contribution in [0.4, 0.5) is 13.2 Å². The summed E-state index contributed by atoms with van der Waals surface area (Å²) in [6.45, 7) is 0. The molecule has 1 aromatic rings. The Labute approximate surface area is 107 Å². The van der Waals surface area contributed by atoms with Gasteiger partial charge in [-0.25, -0.2) is 0 Å². The van der Waals surface area contributed by atoms with E-state index < -0.39 is 23.2 Å². The van der Waals surface area contributed by atoms with Crippen LogP contribution >= 0.6 is 11.6 Å². The van der Waals surface area contributed by atoms with Crippen LogP contribution in [0.25, 0.3) is 0 Å². The van der Waals surface area contributed by atoms with Gasteiger partial charge in [-0.15, -0.1) is 11.6 Å². The van der Waals surface area contributed by atoms with Crippen LogP contribution in [0.1, 0.15) is 28.8 Å². The van der Waals surface area contributed by atoms with Gasteiger partial charge in [-0.3, -0.25) is 4.79 Å². The molecule has 1 aromatic carbocycles. The Balaban J connectivity index is 2.25. The summed E-state index contributed by atoms with van der Waals surface area (Å²) < 4.78 is 38.2. The van der Waals surface area contributed by atoms with Crippen molar-refractivity contribution in [2.24, 2.45) is 0 Å². The molecule has 1 amide bonds. The van der Waals surface area contributed by atoms with Crippen LogP contribution in [-0.2, 0) is 6.18 Å². The monoisotopic (exact) mass is 277 g/mol. The van der Waals surface area contributed by atoms with Gasteiger partial charge in [0.15, 0.2) is 0 Å². The fourth-order valence-electron chi connectivity index (χ4n) is 1.68. The van der Waals surface area contributed by atoms with Crippen LogP contribution < -0.4 is 5.32 Å². The highest BCUT2D eigenvalue weighted by Crippen LogP contribution is 2.37. The molecule has 0 radical (unpaired) electrons. The number of carbonyl (C=O) groups is 1. The Morgan fingerprint density at radius 3 is 2.44 bits per heavy atom. The molecule has 0 bridgehead atoms. The number of halogens is 4. The number of amides is 1. The minimum atomic E-state index is -4.54. The summed E-state index contributed by atoms with van der Waals surface area (Å²) in [4.78, 5) is 11.9. The van der Waals surface area contributed by atoms with Gasteiger partial charge in [0.1, 0.15) is 0 Å². The van der Waals surface area contributed by atoms with Crippen LogP contribution in [0, 0.1) is 0 Å². The van der Waals surface area contributed by atoms with Crippen LogP contribution in [0.5, 0.6) is 0 Å². The Hall–Kier alpha value is -1.23. The Kier molecular flexibility index (Phi) is 3.27. The number of hydrogen-bond donors (Lipinski definition) is 1. The topological polar surface area (TPSA) is 29.1 Å². The first-order valence-electron chi connectivity index (χ1n) is 5.43. The summed E-state index contributed by atoms with van der Waals surface area (Å²) in [5, 5.41) is 2.57. The lowest BCUT2D eigenvalue weighted by molar-refractivity contribution is -0.137. The summed E-state index contributed by atoms with van der Waals surface area (Å²) in [5.74, 6) is -0.506. The average Bonchev–Trinajstić information content (AvgIpc) is 3.08. The Morgan fingerprint density at radius 2 is 1.94 bits per heavy atom. The minimum Gasteiger partial charge on any atom is -0.345 e. The molecule has 1 saturated carbocycles. The lowest BCUT2D eigenvalue weighted by atomic mass is 10.1. The van der Waals surface area contributed by atoms with E-state index in [2.05, 4.69) is 5.32 Å². The normalized spacial score (nSPS) is 17.3. The van der Waals surface area contributed by atoms with Crippen LogP contribution in [0.2, 0.25) is 0 Å². The number of rotatable bonds is 3. The highest BCUT2D eigenvalue weighted by molar-refractivity contribution is 6.19. The summed E-state index contributed by atoms with van der Waals surface area (Å²) in [7, 11) is 0. The number of benzene rings is 1. The molecule has 1 aliphatic rings. The summed E-state index contributed by atoms with van der Waals surface area (Å²) in [5.41, 5.74) is -1.80. The number of nitrogens with one attached hydrogen (secondary N) is 1. The van der Waals surface area contributed by atoms with Gasteiger partial charge in [0, 0.05) is 5.88 Å². The fourth-order valence-corrected chi connectivity index (χ4v) is 2.01. The van der Waals surface area contributed by atoms with Gasteiger partial charge in [0.25, 0.3) is 5.91 Å². The second-order valence-corrected chi connectivity index (χ2v) is 4.68. The molecule has 0 unspecified atom stereocenters. The Bertz CT molecular complexity index is 469. The van der Waals surface area contributed by atoms with Crippen molar-refractivity contribution < 1.29 is 18.0 Å². The average molecular weight is 278 g/mol. The van der Waals surface area contributed by atoms with E-state index in [-0.39, 0.29) is 11.4 Å². The fraction of sp³-hybridized carbons (Fsp3) is 0.417. The predicted octanol–water partition coefficient (Wildman–Crippen LogP) is 3.21. The zero-order valence-electron chi connectivity index (χ0n) is 9.35. The molecule has 0 aromatic heterocycles. The summed E-state index contributed by atoms with van der Waals surface area (Å²) >= 11 is 5.68. The molecule has 6 heteroatoms. The van der Waals surface area contributed by atoms with Crippen molar-refractivity contribution in [2.75, 3.05) is 5.88 Å². The summed E-state index contributed by atoms with van der Waals surface area (Å²) in [6.07, 6.45) is -3.13. The standard InChI is InChI=1S/C12H11ClF3NO/c13-7-11(5-6-11)17-10(18)8-3-1-2-4-9(8)12(14,15)16/h1-4H,5-7H2,(H,17,18). The van der Waals surface area contributed by atoms with Gasteiger partial charge in [-0.2, -0.15) is 13.2 Å². The van der Waals surface area contributed by atoms with E-state index in [0.717, 1.165) is 6.07 Å². The molecule has 2 rings (SSSR count). The molecule has 1 fully saturated rings. The van der Waals surface area contributed by atoms with E-state index in [9.17, 15) is 18.0 Å². The second kappa shape index (κ2) is 4.46. The maximum absolute atomic E-state index is 12.7. The molecule has 0 aliphatic heterocycles. The number of carbonyl (C=O) groups excluding carboxylic acids is 1. The molecule has 0 atom stereocenters. The highest BCUT2D eigenvalue weighted by Gasteiger charge is 2.44. The lowest BCUT2D eigenvalue weighted by Gasteiger charge is -2.17. The van der Waals surface area contributed by atoms with E-state index in [1.165, 1.54) is 18.2 Å². The van der Waals surface area contributed by atoms with Crippen molar-refractivity contribution in [1.29, 1.82) is 0 Å². The van der Waals surface area contributed by atoms with E-state index in [1.807, 2.05) is 0 Å². The maximum Gasteiger partial charge on any atom is 0.417 e. The zero-order chi connectivity index (χ0) is 13.4. The quantitative estimate of drug-likeness (QED) is 0.845. The molecule has 0 heterocycles. The number of hydrogen-bond acceptors (Lipinski definition) is 1. The summed E-state index contributed by atoms with van der Waals surface area (Å²) in [6, 6.07) is 4.73. The van der Waals surface area contributed by atoms with E-state index in [1.54, 1.807) is 0 Å². The third-order valence-electron chi connectivity index (χ3n) is 2.97. The van der Waals surface area contributed by atoms with Crippen molar-refractivity contribution in [3.05, 3.63) is 35.4 Å². The molecule has 1 N–H and O–H groups in total. The van der Waals surface area contributed by atoms with Gasteiger partial charge < -0.3 is 5.32 Å². The van der Waals surface area contributed by atoms with Gasteiger partial charge in [0.05, 0.1) is 16.7 Å². The molecule has 98 valence electrons.